The van der Waals surface area contributed by atoms with Crippen molar-refractivity contribution in [2.75, 3.05) is 7.11 Å². The Kier molecular flexibility index (Phi) is 4.39. The molecule has 0 aliphatic heterocycles. The van der Waals surface area contributed by atoms with Crippen LogP contribution >= 0.6 is 0 Å². The van der Waals surface area contributed by atoms with E-state index in [1.54, 1.807) is 13.3 Å². The van der Waals surface area contributed by atoms with E-state index >= 15 is 0 Å². The average Bonchev–Trinajstić information content (AvgIpc) is 2.95. The van der Waals surface area contributed by atoms with Gasteiger partial charge in [0.05, 0.1) is 18.3 Å². The van der Waals surface area contributed by atoms with Crippen molar-refractivity contribution in [3.8, 4) is 0 Å². The zero-order valence-electron chi connectivity index (χ0n) is 13.1. The molecule has 1 aromatic carbocycles. The number of aromatic nitrogens is 1. The minimum atomic E-state index is -0.272. The molecule has 0 saturated heterocycles. The first-order chi connectivity index (χ1) is 11.2. The fourth-order valence-electron chi connectivity index (χ4n) is 2.54. The number of furan rings is 1. The first-order valence-corrected chi connectivity index (χ1v) is 7.42. The summed E-state index contributed by atoms with van der Waals surface area (Å²) in [5.41, 5.74) is 2.23. The zero-order chi connectivity index (χ0) is 16.2. The summed E-state index contributed by atoms with van der Waals surface area (Å²) in [6.45, 7) is 2.20. The van der Waals surface area contributed by atoms with E-state index in [1.165, 1.54) is 0 Å². The van der Waals surface area contributed by atoms with Crippen LogP contribution in [0.15, 0.2) is 53.1 Å². The smallest absolute Gasteiger partial charge is 0.287 e. The van der Waals surface area contributed by atoms with E-state index in [1.807, 2.05) is 49.4 Å². The Balaban J connectivity index is 1.90. The number of fused-ring (bicyclic) bond motifs is 1. The molecular weight excluding hydrogens is 292 g/mol. The number of ether oxygens (including phenoxy) is 1. The van der Waals surface area contributed by atoms with Gasteiger partial charge in [0.1, 0.15) is 5.58 Å². The molecule has 3 rings (SSSR count). The van der Waals surface area contributed by atoms with Gasteiger partial charge in [-0.3, -0.25) is 9.78 Å². The third kappa shape index (κ3) is 3.10. The monoisotopic (exact) mass is 310 g/mol. The number of pyridine rings is 1. The van der Waals surface area contributed by atoms with Gasteiger partial charge in [-0.15, -0.1) is 0 Å². The van der Waals surface area contributed by atoms with Crippen molar-refractivity contribution in [2.24, 2.45) is 0 Å². The van der Waals surface area contributed by atoms with Crippen molar-refractivity contribution in [1.82, 2.24) is 10.3 Å². The highest BCUT2D eigenvalue weighted by molar-refractivity contribution is 5.99. The van der Waals surface area contributed by atoms with E-state index in [4.69, 9.17) is 9.15 Å². The van der Waals surface area contributed by atoms with Crippen molar-refractivity contribution in [3.05, 3.63) is 65.7 Å². The lowest BCUT2D eigenvalue weighted by Gasteiger charge is -2.12. The SMILES string of the molecule is COCc1c(C(=O)N[C@H](C)c2ccccn2)oc2ccccc12. The molecule has 1 atom stereocenters. The molecule has 0 fully saturated rings. The number of carbonyl (C=O) groups is 1. The second-order valence-electron chi connectivity index (χ2n) is 5.29. The molecule has 3 aromatic rings. The Labute approximate surface area is 134 Å². The fourth-order valence-corrected chi connectivity index (χ4v) is 2.54. The quantitative estimate of drug-likeness (QED) is 0.784. The van der Waals surface area contributed by atoms with Gasteiger partial charge in [-0.2, -0.15) is 0 Å². The van der Waals surface area contributed by atoms with Crippen LogP contribution in [0.3, 0.4) is 0 Å². The third-order valence-electron chi connectivity index (χ3n) is 3.67. The van der Waals surface area contributed by atoms with Crippen LogP contribution in [-0.2, 0) is 11.3 Å². The van der Waals surface area contributed by atoms with Crippen LogP contribution in [0.25, 0.3) is 11.0 Å². The number of benzene rings is 1. The van der Waals surface area contributed by atoms with E-state index in [-0.39, 0.29) is 17.7 Å². The fraction of sp³-hybridized carbons (Fsp3) is 0.222. The van der Waals surface area contributed by atoms with E-state index in [0.29, 0.717) is 12.2 Å². The van der Waals surface area contributed by atoms with Crippen LogP contribution in [-0.4, -0.2) is 18.0 Å². The number of hydrogen-bond acceptors (Lipinski definition) is 4. The lowest BCUT2D eigenvalue weighted by molar-refractivity contribution is 0.0906. The first-order valence-electron chi connectivity index (χ1n) is 7.42. The molecule has 5 nitrogen and oxygen atoms in total. The number of amides is 1. The van der Waals surface area contributed by atoms with E-state index < -0.39 is 0 Å². The highest BCUT2D eigenvalue weighted by atomic mass is 16.5. The van der Waals surface area contributed by atoms with Crippen molar-refractivity contribution in [2.45, 2.75) is 19.6 Å². The molecule has 118 valence electrons. The molecule has 0 aliphatic carbocycles. The van der Waals surface area contributed by atoms with Crippen molar-refractivity contribution >= 4 is 16.9 Å². The number of carbonyl (C=O) groups excluding carboxylic acids is 1. The molecule has 23 heavy (non-hydrogen) atoms. The second-order valence-corrected chi connectivity index (χ2v) is 5.29. The van der Waals surface area contributed by atoms with Gasteiger partial charge in [0.15, 0.2) is 5.76 Å². The third-order valence-corrected chi connectivity index (χ3v) is 3.67. The molecule has 1 N–H and O–H groups in total. The zero-order valence-corrected chi connectivity index (χ0v) is 13.1. The molecular formula is C18H18N2O3. The standard InChI is InChI=1S/C18H18N2O3/c1-12(15-8-5-6-10-19-15)20-18(21)17-14(11-22-2)13-7-3-4-9-16(13)23-17/h3-10,12H,11H2,1-2H3,(H,20,21)/t12-/m1/s1. The van der Waals surface area contributed by atoms with Crippen LogP contribution in [0.1, 0.15) is 34.8 Å². The summed E-state index contributed by atoms with van der Waals surface area (Å²) in [4.78, 5) is 16.9. The van der Waals surface area contributed by atoms with E-state index in [0.717, 1.165) is 16.6 Å². The summed E-state index contributed by atoms with van der Waals surface area (Å²) in [7, 11) is 1.60. The summed E-state index contributed by atoms with van der Waals surface area (Å²) < 4.78 is 11.0. The lowest BCUT2D eigenvalue weighted by atomic mass is 10.1. The molecule has 2 heterocycles. The molecule has 0 radical (unpaired) electrons. The number of nitrogens with one attached hydrogen (secondary N) is 1. The van der Waals surface area contributed by atoms with Gasteiger partial charge in [0, 0.05) is 24.3 Å². The van der Waals surface area contributed by atoms with Gasteiger partial charge in [0.25, 0.3) is 5.91 Å². The van der Waals surface area contributed by atoms with Gasteiger partial charge < -0.3 is 14.5 Å². The average molecular weight is 310 g/mol. The van der Waals surface area contributed by atoms with Gasteiger partial charge in [-0.05, 0) is 25.1 Å². The van der Waals surface area contributed by atoms with Crippen LogP contribution in [0.2, 0.25) is 0 Å². The Morgan fingerprint density at radius 3 is 2.78 bits per heavy atom. The molecule has 0 saturated carbocycles. The number of methoxy groups -OCH3 is 1. The number of para-hydroxylation sites is 1. The van der Waals surface area contributed by atoms with Crippen molar-refractivity contribution < 1.29 is 13.9 Å². The van der Waals surface area contributed by atoms with Crippen LogP contribution < -0.4 is 5.32 Å². The van der Waals surface area contributed by atoms with Crippen LogP contribution in [0.4, 0.5) is 0 Å². The highest BCUT2D eigenvalue weighted by Crippen LogP contribution is 2.27. The largest absolute Gasteiger partial charge is 0.451 e. The summed E-state index contributed by atoms with van der Waals surface area (Å²) in [6.07, 6.45) is 1.70. The normalized spacial score (nSPS) is 12.3. The molecule has 5 heteroatoms. The van der Waals surface area contributed by atoms with Crippen LogP contribution in [0, 0.1) is 0 Å². The second kappa shape index (κ2) is 6.62. The number of rotatable bonds is 5. The Morgan fingerprint density at radius 2 is 2.04 bits per heavy atom. The predicted octanol–water partition coefficient (Wildman–Crippen LogP) is 3.47. The molecule has 0 aliphatic rings. The minimum Gasteiger partial charge on any atom is -0.451 e. The van der Waals surface area contributed by atoms with Gasteiger partial charge in [-0.1, -0.05) is 24.3 Å². The maximum atomic E-state index is 12.6. The Bertz CT molecular complexity index is 812. The van der Waals surface area contributed by atoms with Gasteiger partial charge >= 0.3 is 0 Å². The summed E-state index contributed by atoms with van der Waals surface area (Å²) in [5, 5.41) is 3.82. The van der Waals surface area contributed by atoms with E-state index in [9.17, 15) is 4.79 Å². The topological polar surface area (TPSA) is 64.4 Å². The number of nitrogens with zero attached hydrogens (tertiary/aromatic N) is 1. The van der Waals surface area contributed by atoms with Crippen molar-refractivity contribution in [1.29, 1.82) is 0 Å². The van der Waals surface area contributed by atoms with Gasteiger partial charge in [0.2, 0.25) is 0 Å². The lowest BCUT2D eigenvalue weighted by Crippen LogP contribution is -2.27. The molecule has 0 bridgehead atoms. The number of hydrogen-bond donors (Lipinski definition) is 1. The summed E-state index contributed by atoms with van der Waals surface area (Å²) in [6, 6.07) is 12.9. The maximum Gasteiger partial charge on any atom is 0.287 e. The Morgan fingerprint density at radius 1 is 1.26 bits per heavy atom. The van der Waals surface area contributed by atoms with E-state index in [2.05, 4.69) is 10.3 Å². The first kappa shape index (κ1) is 15.2. The van der Waals surface area contributed by atoms with Gasteiger partial charge in [-0.25, -0.2) is 0 Å². The molecule has 0 unspecified atom stereocenters. The molecule has 0 spiro atoms. The minimum absolute atomic E-state index is 0.215. The maximum absolute atomic E-state index is 12.6. The molecule has 2 aromatic heterocycles. The summed E-state index contributed by atoms with van der Waals surface area (Å²) >= 11 is 0. The van der Waals surface area contributed by atoms with Crippen LogP contribution in [0.5, 0.6) is 0 Å². The molecule has 1 amide bonds. The van der Waals surface area contributed by atoms with Crippen molar-refractivity contribution in [3.63, 3.8) is 0 Å². The Hall–Kier alpha value is -2.66. The summed E-state index contributed by atoms with van der Waals surface area (Å²) in [5.74, 6) is 0.0160. The highest BCUT2D eigenvalue weighted by Gasteiger charge is 2.22. The predicted molar refractivity (Wildman–Crippen MR) is 87.0 cm³/mol.